The highest BCUT2D eigenvalue weighted by Gasteiger charge is 2.27. The van der Waals surface area contributed by atoms with E-state index in [2.05, 4.69) is 25.1 Å². The molecule has 29 heavy (non-hydrogen) atoms. The van der Waals surface area contributed by atoms with Crippen molar-refractivity contribution >= 4 is 23.2 Å². The van der Waals surface area contributed by atoms with Gasteiger partial charge in [-0.1, -0.05) is 11.6 Å². The third kappa shape index (κ3) is 3.74. The Morgan fingerprint density at radius 1 is 1.14 bits per heavy atom. The smallest absolute Gasteiger partial charge is 0.271 e. The van der Waals surface area contributed by atoms with Gasteiger partial charge >= 0.3 is 0 Å². The number of hydrogen-bond acceptors (Lipinski definition) is 5. The Morgan fingerprint density at radius 2 is 2.00 bits per heavy atom. The molecule has 3 aromatic heterocycles. The highest BCUT2D eigenvalue weighted by Crippen LogP contribution is 2.28. The lowest BCUT2D eigenvalue weighted by Crippen LogP contribution is -2.35. The van der Waals surface area contributed by atoms with Crippen LogP contribution in [-0.4, -0.2) is 49.3 Å². The van der Waals surface area contributed by atoms with E-state index in [1.165, 1.54) is 0 Å². The van der Waals surface area contributed by atoms with Gasteiger partial charge in [0.1, 0.15) is 23.0 Å². The quantitative estimate of drug-likeness (QED) is 0.711. The third-order valence-electron chi connectivity index (χ3n) is 5.84. The molecule has 0 bridgehead atoms. The number of aromatic nitrogens is 5. The molecule has 2 aliphatic heterocycles. The summed E-state index contributed by atoms with van der Waals surface area (Å²) in [6, 6.07) is 3.65. The summed E-state index contributed by atoms with van der Waals surface area (Å²) in [6.45, 7) is 2.40. The predicted octanol–water partition coefficient (Wildman–Crippen LogP) is 2.61. The van der Waals surface area contributed by atoms with E-state index in [1.807, 2.05) is 0 Å². The van der Waals surface area contributed by atoms with Crippen molar-refractivity contribution in [3.05, 3.63) is 46.9 Å². The maximum Gasteiger partial charge on any atom is 0.271 e. The zero-order valence-corrected chi connectivity index (χ0v) is 16.8. The number of nitrogens with zero attached hydrogens (tertiary/aromatic N) is 5. The topological polar surface area (TPSA) is 86.3 Å². The van der Waals surface area contributed by atoms with Crippen LogP contribution >= 0.6 is 11.6 Å². The highest BCUT2D eigenvalue weighted by atomic mass is 35.5. The number of fused-ring (bicyclic) bond motifs is 2. The first kappa shape index (κ1) is 18.6. The second kappa shape index (κ2) is 7.76. The van der Waals surface area contributed by atoms with Crippen LogP contribution in [0.15, 0.2) is 24.5 Å². The first-order valence-electron chi connectivity index (χ1n) is 10.1. The number of imidazole rings is 1. The van der Waals surface area contributed by atoms with Crippen molar-refractivity contribution in [3.63, 3.8) is 0 Å². The van der Waals surface area contributed by atoms with Gasteiger partial charge in [0.05, 0.1) is 5.02 Å². The summed E-state index contributed by atoms with van der Waals surface area (Å²) in [5, 5.41) is 12.7. The third-order valence-corrected chi connectivity index (χ3v) is 6.07. The molecule has 3 aromatic rings. The van der Waals surface area contributed by atoms with E-state index in [9.17, 15) is 4.79 Å². The van der Waals surface area contributed by atoms with Gasteiger partial charge in [0.2, 0.25) is 0 Å². The number of amides is 1. The Hall–Kier alpha value is -2.45. The van der Waals surface area contributed by atoms with E-state index in [-0.39, 0.29) is 11.9 Å². The molecule has 8 nitrogen and oxygen atoms in total. The molecule has 0 aromatic carbocycles. The van der Waals surface area contributed by atoms with Crippen LogP contribution < -0.4 is 5.32 Å². The fraction of sp³-hybridized carbons (Fsp3) is 0.500. The first-order chi connectivity index (χ1) is 14.2. The molecule has 0 spiro atoms. The van der Waals surface area contributed by atoms with Crippen molar-refractivity contribution in [1.82, 2.24) is 29.5 Å². The zero-order valence-electron chi connectivity index (χ0n) is 16.1. The number of ether oxygens (including phenoxy) is 1. The van der Waals surface area contributed by atoms with Crippen LogP contribution in [0.4, 0.5) is 0 Å². The molecule has 0 aliphatic carbocycles. The number of rotatable bonds is 3. The molecule has 0 saturated carbocycles. The second-order valence-electron chi connectivity index (χ2n) is 7.75. The van der Waals surface area contributed by atoms with E-state index >= 15 is 0 Å². The molecule has 9 heteroatoms. The summed E-state index contributed by atoms with van der Waals surface area (Å²) < 4.78 is 9.51. The van der Waals surface area contributed by atoms with Crippen molar-refractivity contribution in [3.8, 4) is 0 Å². The number of hydrogen-bond donors (Lipinski definition) is 1. The van der Waals surface area contributed by atoms with Crippen molar-refractivity contribution in [1.29, 1.82) is 0 Å². The van der Waals surface area contributed by atoms with Gasteiger partial charge in [-0.25, -0.2) is 4.98 Å². The van der Waals surface area contributed by atoms with Crippen LogP contribution in [0.2, 0.25) is 5.02 Å². The normalized spacial score (nSPS) is 20.4. The van der Waals surface area contributed by atoms with Gasteiger partial charge in [-0.15, -0.1) is 10.2 Å². The first-order valence-corrected chi connectivity index (χ1v) is 10.5. The van der Waals surface area contributed by atoms with Crippen LogP contribution in [0.1, 0.15) is 53.7 Å². The standard InChI is InChI=1S/C20H23ClN6O2/c21-14-1-3-17-23-16(12-26(17)11-14)20(28)22-15-2-4-18-24-25-19(27(18)8-5-15)13-6-9-29-10-7-13/h1,3,11-13,15H,2,4-10H2,(H,22,28). The molecule has 5 heterocycles. The fourth-order valence-electron chi connectivity index (χ4n) is 4.25. The maximum absolute atomic E-state index is 12.7. The Balaban J connectivity index is 1.27. The Kier molecular flexibility index (Phi) is 4.97. The number of nitrogens with one attached hydrogen (secondary N) is 1. The van der Waals surface area contributed by atoms with Gasteiger partial charge in [-0.05, 0) is 37.8 Å². The Morgan fingerprint density at radius 3 is 2.86 bits per heavy atom. The van der Waals surface area contributed by atoms with Crippen molar-refractivity contribution in [2.24, 2.45) is 0 Å². The van der Waals surface area contributed by atoms with Gasteiger partial charge in [0, 0.05) is 50.5 Å². The van der Waals surface area contributed by atoms with Crippen molar-refractivity contribution in [2.75, 3.05) is 13.2 Å². The number of carbonyl (C=O) groups is 1. The van der Waals surface area contributed by atoms with Gasteiger partial charge in [0.25, 0.3) is 5.91 Å². The molecule has 152 valence electrons. The molecule has 1 N–H and O–H groups in total. The van der Waals surface area contributed by atoms with Crippen LogP contribution in [0.5, 0.6) is 0 Å². The fourth-order valence-corrected chi connectivity index (χ4v) is 4.41. The number of halogens is 1. The molecule has 2 aliphatic rings. The summed E-state index contributed by atoms with van der Waals surface area (Å²) >= 11 is 6.01. The van der Waals surface area contributed by atoms with Gasteiger partial charge < -0.3 is 19.0 Å². The minimum absolute atomic E-state index is 0.0835. The Labute approximate surface area is 173 Å². The van der Waals surface area contributed by atoms with Gasteiger partial charge in [-0.2, -0.15) is 0 Å². The molecular formula is C20H23ClN6O2. The summed E-state index contributed by atoms with van der Waals surface area (Å²) in [5.41, 5.74) is 1.10. The molecule has 1 saturated heterocycles. The molecular weight excluding hydrogens is 392 g/mol. The summed E-state index contributed by atoms with van der Waals surface area (Å²) in [6.07, 6.45) is 7.96. The van der Waals surface area contributed by atoms with E-state index in [1.54, 1.807) is 28.9 Å². The number of carbonyl (C=O) groups excluding carboxylic acids is 1. The molecule has 0 radical (unpaired) electrons. The zero-order chi connectivity index (χ0) is 19.8. The molecule has 1 atom stereocenters. The van der Waals surface area contributed by atoms with Crippen LogP contribution in [0.25, 0.3) is 5.65 Å². The Bertz CT molecular complexity index is 1040. The van der Waals surface area contributed by atoms with Crippen LogP contribution in [0, 0.1) is 0 Å². The van der Waals surface area contributed by atoms with Crippen LogP contribution in [0.3, 0.4) is 0 Å². The lowest BCUT2D eigenvalue weighted by Gasteiger charge is -2.22. The summed E-state index contributed by atoms with van der Waals surface area (Å²) in [4.78, 5) is 17.1. The van der Waals surface area contributed by atoms with E-state index in [0.717, 1.165) is 63.5 Å². The monoisotopic (exact) mass is 414 g/mol. The average Bonchev–Trinajstić information content (AvgIpc) is 3.29. The second-order valence-corrected chi connectivity index (χ2v) is 8.19. The largest absolute Gasteiger partial charge is 0.381 e. The van der Waals surface area contributed by atoms with E-state index in [0.29, 0.717) is 22.3 Å². The minimum Gasteiger partial charge on any atom is -0.381 e. The van der Waals surface area contributed by atoms with Gasteiger partial charge in [-0.3, -0.25) is 4.79 Å². The summed E-state index contributed by atoms with van der Waals surface area (Å²) in [5.74, 6) is 2.36. The molecule has 1 amide bonds. The average molecular weight is 415 g/mol. The predicted molar refractivity (Wildman–Crippen MR) is 107 cm³/mol. The summed E-state index contributed by atoms with van der Waals surface area (Å²) in [7, 11) is 0. The molecule has 1 unspecified atom stereocenters. The SMILES string of the molecule is O=C(NC1CCc2nnc(C3CCOCC3)n2CC1)c1cn2cc(Cl)ccc2n1. The highest BCUT2D eigenvalue weighted by molar-refractivity contribution is 6.30. The molecule has 5 rings (SSSR count). The van der Waals surface area contributed by atoms with Crippen molar-refractivity contribution < 1.29 is 9.53 Å². The minimum atomic E-state index is -0.155. The van der Waals surface area contributed by atoms with Gasteiger partial charge in [0.15, 0.2) is 0 Å². The lowest BCUT2D eigenvalue weighted by atomic mass is 9.99. The van der Waals surface area contributed by atoms with Crippen molar-refractivity contribution in [2.45, 2.75) is 50.6 Å². The maximum atomic E-state index is 12.7. The van der Waals surface area contributed by atoms with E-state index in [4.69, 9.17) is 16.3 Å². The lowest BCUT2D eigenvalue weighted by molar-refractivity contribution is 0.0826. The van der Waals surface area contributed by atoms with Crippen LogP contribution in [-0.2, 0) is 17.7 Å². The number of aryl methyl sites for hydroxylation is 1. The van der Waals surface area contributed by atoms with E-state index < -0.39 is 0 Å². The number of pyridine rings is 1. The molecule has 1 fully saturated rings.